The topological polar surface area (TPSA) is 46.1 Å². The third-order valence-corrected chi connectivity index (χ3v) is 1.01. The van der Waals surface area contributed by atoms with Crippen LogP contribution in [0.3, 0.4) is 0 Å². The SMILES string of the molecule is [Na+].[Na+].[O-]B([O-])C1CC1. The second kappa shape index (κ2) is 5.75. The molecule has 1 aliphatic carbocycles. The van der Waals surface area contributed by atoms with Crippen molar-refractivity contribution in [1.82, 2.24) is 0 Å². The minimum Gasteiger partial charge on any atom is -0.893 e. The predicted octanol–water partition coefficient (Wildman–Crippen LogP) is -7.63. The summed E-state index contributed by atoms with van der Waals surface area (Å²) >= 11 is 0. The van der Waals surface area contributed by atoms with Gasteiger partial charge in [0, 0.05) is 0 Å². The average molecular weight is 130 g/mol. The van der Waals surface area contributed by atoms with Gasteiger partial charge in [0.05, 0.1) is 0 Å². The molecule has 0 bridgehead atoms. The molecular formula is C3H5BNa2O2. The summed E-state index contributed by atoms with van der Waals surface area (Å²) in [5.41, 5.74) is 0. The van der Waals surface area contributed by atoms with Crippen LogP contribution in [0.2, 0.25) is 5.82 Å². The van der Waals surface area contributed by atoms with Crippen LogP contribution in [0, 0.1) is 0 Å². The van der Waals surface area contributed by atoms with Crippen LogP contribution in [-0.4, -0.2) is 7.12 Å². The van der Waals surface area contributed by atoms with Crippen molar-refractivity contribution >= 4 is 7.12 Å². The zero-order valence-electron chi connectivity index (χ0n) is 5.39. The van der Waals surface area contributed by atoms with Crippen LogP contribution in [0.5, 0.6) is 0 Å². The average Bonchev–Trinajstić information content (AvgIpc) is 2.06. The number of rotatable bonds is 1. The Balaban J connectivity index is 0. The van der Waals surface area contributed by atoms with Crippen LogP contribution in [0.25, 0.3) is 0 Å². The molecule has 0 spiro atoms. The van der Waals surface area contributed by atoms with Crippen LogP contribution in [0.15, 0.2) is 0 Å². The summed E-state index contributed by atoms with van der Waals surface area (Å²) in [6.45, 7) is 0. The molecule has 1 rings (SSSR count). The Bertz CT molecular complexity index is 57.2. The van der Waals surface area contributed by atoms with Crippen LogP contribution in [0.1, 0.15) is 12.8 Å². The van der Waals surface area contributed by atoms with Crippen molar-refractivity contribution in [3.05, 3.63) is 0 Å². The van der Waals surface area contributed by atoms with E-state index < -0.39 is 7.12 Å². The van der Waals surface area contributed by atoms with Gasteiger partial charge in [0.15, 0.2) is 0 Å². The molecule has 0 aromatic carbocycles. The van der Waals surface area contributed by atoms with E-state index >= 15 is 0 Å². The Labute approximate surface area is 93.8 Å². The Morgan fingerprint density at radius 2 is 1.50 bits per heavy atom. The summed E-state index contributed by atoms with van der Waals surface area (Å²) in [5, 5.41) is 19.5. The van der Waals surface area contributed by atoms with E-state index in [2.05, 4.69) is 0 Å². The Morgan fingerprint density at radius 3 is 1.50 bits per heavy atom. The normalized spacial score (nSPS) is 15.8. The summed E-state index contributed by atoms with van der Waals surface area (Å²) in [6.07, 6.45) is 1.75. The molecule has 0 aliphatic heterocycles. The number of hydrogen-bond donors (Lipinski definition) is 0. The van der Waals surface area contributed by atoms with Gasteiger partial charge in [0.2, 0.25) is 0 Å². The molecule has 0 aromatic heterocycles. The van der Waals surface area contributed by atoms with Gasteiger partial charge in [-0.2, -0.15) is 0 Å². The summed E-state index contributed by atoms with van der Waals surface area (Å²) in [6, 6.07) is 0. The van der Waals surface area contributed by atoms with Gasteiger partial charge in [-0.1, -0.05) is 12.8 Å². The maximum atomic E-state index is 9.73. The second-order valence-corrected chi connectivity index (χ2v) is 1.71. The molecule has 5 heteroatoms. The van der Waals surface area contributed by atoms with Crippen molar-refractivity contribution in [1.29, 1.82) is 0 Å². The fraction of sp³-hybridized carbons (Fsp3) is 1.00. The van der Waals surface area contributed by atoms with E-state index in [1.165, 1.54) is 0 Å². The fourth-order valence-electron chi connectivity index (χ4n) is 0.368. The van der Waals surface area contributed by atoms with Gasteiger partial charge in [0.25, 0.3) is 0 Å². The summed E-state index contributed by atoms with van der Waals surface area (Å²) < 4.78 is 0. The smallest absolute Gasteiger partial charge is 0.893 e. The van der Waals surface area contributed by atoms with Crippen LogP contribution in [-0.2, 0) is 0 Å². The first-order chi connectivity index (χ1) is 2.80. The third-order valence-electron chi connectivity index (χ3n) is 1.01. The molecule has 0 radical (unpaired) electrons. The standard InChI is InChI=1S/C3H5BO2.2Na/c5-4(6)3-1-2-3;;/h3H,1-2H2;;/q-2;2*+1. The fourth-order valence-corrected chi connectivity index (χ4v) is 0.368. The third kappa shape index (κ3) is 4.83. The molecule has 1 aliphatic rings. The van der Waals surface area contributed by atoms with Gasteiger partial charge < -0.3 is 10.0 Å². The minimum absolute atomic E-state index is 0. The van der Waals surface area contributed by atoms with E-state index in [4.69, 9.17) is 0 Å². The molecule has 0 heterocycles. The molecule has 0 unspecified atom stereocenters. The summed E-state index contributed by atoms with van der Waals surface area (Å²) in [7, 11) is -1.54. The van der Waals surface area contributed by atoms with Crippen molar-refractivity contribution in [2.45, 2.75) is 18.7 Å². The van der Waals surface area contributed by atoms with E-state index in [1.54, 1.807) is 0 Å². The predicted molar refractivity (Wildman–Crippen MR) is 18.7 cm³/mol. The largest absolute Gasteiger partial charge is 1.00 e. The van der Waals surface area contributed by atoms with Crippen LogP contribution < -0.4 is 69.2 Å². The van der Waals surface area contributed by atoms with E-state index in [1.807, 2.05) is 0 Å². The minimum atomic E-state index is -1.54. The molecule has 1 saturated carbocycles. The van der Waals surface area contributed by atoms with Crippen LogP contribution in [0.4, 0.5) is 0 Å². The Kier molecular flexibility index (Phi) is 9.08. The van der Waals surface area contributed by atoms with E-state index in [0.717, 1.165) is 12.8 Å². The molecule has 8 heavy (non-hydrogen) atoms. The Hall–Kier alpha value is 1.98. The molecule has 1 fully saturated rings. The molecule has 0 amide bonds. The molecule has 0 aromatic rings. The van der Waals surface area contributed by atoms with Crippen LogP contribution >= 0.6 is 0 Å². The van der Waals surface area contributed by atoms with E-state index in [0.29, 0.717) is 0 Å². The van der Waals surface area contributed by atoms with Gasteiger partial charge in [-0.05, 0) is 0 Å². The Morgan fingerprint density at radius 1 is 1.12 bits per heavy atom. The van der Waals surface area contributed by atoms with Gasteiger partial charge in [0.1, 0.15) is 0 Å². The van der Waals surface area contributed by atoms with Crippen molar-refractivity contribution < 1.29 is 69.2 Å². The summed E-state index contributed by atoms with van der Waals surface area (Å²) in [4.78, 5) is 0. The first-order valence-corrected chi connectivity index (χ1v) is 2.12. The molecule has 0 N–H and O–H groups in total. The van der Waals surface area contributed by atoms with Gasteiger partial charge >= 0.3 is 59.1 Å². The molecule has 34 valence electrons. The van der Waals surface area contributed by atoms with Gasteiger partial charge in [-0.25, -0.2) is 0 Å². The molecule has 0 atom stereocenters. The molecular weight excluding hydrogens is 125 g/mol. The summed E-state index contributed by atoms with van der Waals surface area (Å²) in [5.74, 6) is -0.00926. The molecule has 2 nitrogen and oxygen atoms in total. The maximum absolute atomic E-state index is 9.73. The first kappa shape index (κ1) is 12.6. The van der Waals surface area contributed by atoms with E-state index in [9.17, 15) is 10.0 Å². The van der Waals surface area contributed by atoms with Gasteiger partial charge in [-0.3, -0.25) is 0 Å². The van der Waals surface area contributed by atoms with Crippen molar-refractivity contribution in [2.75, 3.05) is 0 Å². The molecule has 0 saturated heterocycles. The van der Waals surface area contributed by atoms with Gasteiger partial charge in [-0.15, -0.1) is 12.9 Å². The monoisotopic (exact) mass is 130 g/mol. The van der Waals surface area contributed by atoms with Crippen molar-refractivity contribution in [3.63, 3.8) is 0 Å². The van der Waals surface area contributed by atoms with Crippen molar-refractivity contribution in [2.24, 2.45) is 0 Å². The van der Waals surface area contributed by atoms with Crippen molar-refractivity contribution in [3.8, 4) is 0 Å². The zero-order valence-corrected chi connectivity index (χ0v) is 9.39. The maximum Gasteiger partial charge on any atom is 1.00 e. The van der Waals surface area contributed by atoms with E-state index in [-0.39, 0.29) is 64.9 Å². The first-order valence-electron chi connectivity index (χ1n) is 2.12. The zero-order chi connectivity index (χ0) is 4.57. The second-order valence-electron chi connectivity index (χ2n) is 1.71. The number of hydrogen-bond acceptors (Lipinski definition) is 2. The quantitative estimate of drug-likeness (QED) is 0.331.